The zero-order valence-electron chi connectivity index (χ0n) is 8.32. The van der Waals surface area contributed by atoms with Crippen molar-refractivity contribution >= 4 is 27.5 Å². The minimum Gasteiger partial charge on any atom is -0.324 e. The molecule has 0 fully saturated rings. The molecule has 3 heteroatoms. The van der Waals surface area contributed by atoms with Crippen molar-refractivity contribution in [2.75, 3.05) is 27.2 Å². The van der Waals surface area contributed by atoms with Crippen molar-refractivity contribution in [3.63, 3.8) is 0 Å². The molecule has 72 valence electrons. The molecule has 0 aliphatic heterocycles. The maximum atomic E-state index is 5.86. The number of rotatable bonds is 4. The second-order valence-corrected chi connectivity index (χ2v) is 5.28. The molecule has 0 aliphatic carbocycles. The van der Waals surface area contributed by atoms with E-state index < -0.39 is 0 Å². The minimum absolute atomic E-state index is 0.859. The van der Waals surface area contributed by atoms with E-state index in [0.717, 1.165) is 20.5 Å². The molecule has 0 heterocycles. The predicted molar refractivity (Wildman–Crippen MR) is 59.6 cm³/mol. The number of nitrogens with zero attached hydrogens (tertiary/aromatic N) is 1. The molecule has 0 spiro atoms. The van der Waals surface area contributed by atoms with Crippen LogP contribution in [0.3, 0.4) is 0 Å². The summed E-state index contributed by atoms with van der Waals surface area (Å²) in [6.07, 6.45) is 1.20. The number of likely N-dealkylation sites (N-methyl/N-ethyl adjacent to an activating group) is 1. The summed E-state index contributed by atoms with van der Waals surface area (Å²) in [4.78, 5) is 0. The van der Waals surface area contributed by atoms with Crippen molar-refractivity contribution in [1.29, 1.82) is 0 Å². The molecule has 0 saturated heterocycles. The summed E-state index contributed by atoms with van der Waals surface area (Å²) in [5.41, 5.74) is 0. The summed E-state index contributed by atoms with van der Waals surface area (Å²) in [5.74, 6) is 0. The van der Waals surface area contributed by atoms with Crippen LogP contribution in [0.2, 0.25) is 0 Å². The fraction of sp³-hybridized carbons (Fsp3) is 0.778. The van der Waals surface area contributed by atoms with Crippen LogP contribution < -0.4 is 0 Å². The average molecular weight is 256 g/mol. The Morgan fingerprint density at radius 2 is 1.92 bits per heavy atom. The first-order valence-electron chi connectivity index (χ1n) is 4.22. The lowest BCUT2D eigenvalue weighted by Crippen LogP contribution is -2.41. The SMILES string of the molecule is CCC[N+](C)(C)C/C(Br)=C(/C)Cl. The Labute approximate surface area is 89.1 Å². The predicted octanol–water partition coefficient (Wildman–Crippen LogP) is 3.34. The molecule has 0 amide bonds. The van der Waals surface area contributed by atoms with Gasteiger partial charge < -0.3 is 4.48 Å². The Balaban J connectivity index is 4.15. The van der Waals surface area contributed by atoms with Gasteiger partial charge in [-0.1, -0.05) is 18.5 Å². The highest BCUT2D eigenvalue weighted by Crippen LogP contribution is 2.18. The number of hydrogen-bond donors (Lipinski definition) is 0. The molecule has 0 aliphatic rings. The summed E-state index contributed by atoms with van der Waals surface area (Å²) in [7, 11) is 4.43. The molecule has 0 bridgehead atoms. The van der Waals surface area contributed by atoms with Gasteiger partial charge in [0.1, 0.15) is 6.54 Å². The lowest BCUT2D eigenvalue weighted by atomic mass is 10.3. The van der Waals surface area contributed by atoms with Crippen LogP contribution in [0.15, 0.2) is 9.51 Å². The Morgan fingerprint density at radius 1 is 1.42 bits per heavy atom. The van der Waals surface area contributed by atoms with Gasteiger partial charge in [0.2, 0.25) is 0 Å². The van der Waals surface area contributed by atoms with Crippen LogP contribution in [-0.2, 0) is 0 Å². The quantitative estimate of drug-likeness (QED) is 0.676. The molecule has 12 heavy (non-hydrogen) atoms. The van der Waals surface area contributed by atoms with Gasteiger partial charge in [-0.05, 0) is 29.3 Å². The molecule has 0 unspecified atom stereocenters. The summed E-state index contributed by atoms with van der Waals surface area (Å²) in [6, 6.07) is 0. The van der Waals surface area contributed by atoms with Crippen molar-refractivity contribution in [3.8, 4) is 0 Å². The van der Waals surface area contributed by atoms with Gasteiger partial charge in [-0.3, -0.25) is 0 Å². The van der Waals surface area contributed by atoms with Crippen LogP contribution in [0.4, 0.5) is 0 Å². The molecular formula is C9H18BrClN+. The molecule has 0 N–H and O–H groups in total. The van der Waals surface area contributed by atoms with Gasteiger partial charge in [0.05, 0.1) is 25.1 Å². The van der Waals surface area contributed by atoms with Crippen molar-refractivity contribution in [2.24, 2.45) is 0 Å². The topological polar surface area (TPSA) is 0 Å². The second-order valence-electron chi connectivity index (χ2n) is 3.76. The van der Waals surface area contributed by atoms with Crippen molar-refractivity contribution in [1.82, 2.24) is 0 Å². The number of quaternary nitrogens is 1. The van der Waals surface area contributed by atoms with E-state index >= 15 is 0 Å². The van der Waals surface area contributed by atoms with E-state index in [1.165, 1.54) is 13.0 Å². The van der Waals surface area contributed by atoms with E-state index in [1.807, 2.05) is 6.92 Å². The molecule has 0 aromatic heterocycles. The fourth-order valence-electron chi connectivity index (χ4n) is 1.17. The summed E-state index contributed by atoms with van der Waals surface area (Å²) in [5, 5.41) is 0.859. The van der Waals surface area contributed by atoms with Crippen LogP contribution in [-0.4, -0.2) is 31.7 Å². The Kier molecular flexibility index (Phi) is 5.46. The Morgan fingerprint density at radius 3 is 2.25 bits per heavy atom. The molecule has 1 nitrogen and oxygen atoms in total. The van der Waals surface area contributed by atoms with Crippen molar-refractivity contribution in [2.45, 2.75) is 20.3 Å². The third kappa shape index (κ3) is 5.18. The monoisotopic (exact) mass is 254 g/mol. The smallest absolute Gasteiger partial charge is 0.112 e. The molecule has 0 aromatic carbocycles. The van der Waals surface area contributed by atoms with E-state index in [-0.39, 0.29) is 0 Å². The molecular weight excluding hydrogens is 237 g/mol. The van der Waals surface area contributed by atoms with E-state index in [4.69, 9.17) is 11.6 Å². The Hall–Kier alpha value is 0.470. The Bertz CT molecular complexity index is 171. The molecule has 0 aromatic rings. The third-order valence-corrected chi connectivity index (χ3v) is 3.07. The van der Waals surface area contributed by atoms with Gasteiger partial charge in [0.15, 0.2) is 0 Å². The highest BCUT2D eigenvalue weighted by molar-refractivity contribution is 9.11. The van der Waals surface area contributed by atoms with Gasteiger partial charge in [-0.2, -0.15) is 0 Å². The van der Waals surface area contributed by atoms with Crippen LogP contribution in [0.5, 0.6) is 0 Å². The first-order chi connectivity index (χ1) is 5.39. The number of halogens is 2. The molecule has 0 atom stereocenters. The summed E-state index contributed by atoms with van der Waals surface area (Å²) < 4.78 is 2.10. The minimum atomic E-state index is 0.859. The molecule has 0 rings (SSSR count). The van der Waals surface area contributed by atoms with E-state index in [0.29, 0.717) is 0 Å². The number of hydrogen-bond acceptors (Lipinski definition) is 0. The van der Waals surface area contributed by atoms with Crippen molar-refractivity contribution in [3.05, 3.63) is 9.51 Å². The van der Waals surface area contributed by atoms with Gasteiger partial charge in [0, 0.05) is 5.03 Å². The highest BCUT2D eigenvalue weighted by Gasteiger charge is 2.15. The zero-order valence-corrected chi connectivity index (χ0v) is 10.7. The zero-order chi connectivity index (χ0) is 9.78. The maximum Gasteiger partial charge on any atom is 0.112 e. The van der Waals surface area contributed by atoms with Crippen molar-refractivity contribution < 1.29 is 4.48 Å². The van der Waals surface area contributed by atoms with Gasteiger partial charge in [0.25, 0.3) is 0 Å². The van der Waals surface area contributed by atoms with Crippen LogP contribution >= 0.6 is 27.5 Å². The fourth-order valence-corrected chi connectivity index (χ4v) is 1.91. The number of allylic oxidation sites excluding steroid dienone is 1. The average Bonchev–Trinajstić information content (AvgIpc) is 1.85. The van der Waals surface area contributed by atoms with Gasteiger partial charge >= 0.3 is 0 Å². The highest BCUT2D eigenvalue weighted by atomic mass is 79.9. The first-order valence-corrected chi connectivity index (χ1v) is 5.39. The summed E-state index contributed by atoms with van der Waals surface area (Å²) >= 11 is 9.34. The van der Waals surface area contributed by atoms with Crippen LogP contribution in [0.25, 0.3) is 0 Å². The molecule has 0 radical (unpaired) electrons. The lowest BCUT2D eigenvalue weighted by molar-refractivity contribution is -0.884. The normalized spacial score (nSPS) is 14.5. The molecule has 0 saturated carbocycles. The summed E-state index contributed by atoms with van der Waals surface area (Å²) in [6.45, 7) is 6.27. The van der Waals surface area contributed by atoms with Crippen LogP contribution in [0.1, 0.15) is 20.3 Å². The van der Waals surface area contributed by atoms with E-state index in [9.17, 15) is 0 Å². The second kappa shape index (κ2) is 5.25. The van der Waals surface area contributed by atoms with Crippen LogP contribution in [0, 0.1) is 0 Å². The third-order valence-electron chi connectivity index (χ3n) is 1.77. The first kappa shape index (κ1) is 12.5. The van der Waals surface area contributed by atoms with E-state index in [1.54, 1.807) is 0 Å². The van der Waals surface area contributed by atoms with Gasteiger partial charge in [-0.15, -0.1) is 0 Å². The standard InChI is InChI=1S/C9H18BrClN/c1-5-6-12(3,4)7-9(10)8(2)11/h5-7H2,1-4H3/q+1/b9-8+. The van der Waals surface area contributed by atoms with Gasteiger partial charge in [-0.25, -0.2) is 0 Å². The largest absolute Gasteiger partial charge is 0.324 e. The van der Waals surface area contributed by atoms with E-state index in [2.05, 4.69) is 36.9 Å². The lowest BCUT2D eigenvalue weighted by Gasteiger charge is -2.29. The maximum absolute atomic E-state index is 5.86.